The van der Waals surface area contributed by atoms with Crippen molar-refractivity contribution in [1.82, 2.24) is 24.4 Å². The van der Waals surface area contributed by atoms with Crippen molar-refractivity contribution in [2.75, 3.05) is 0 Å². The van der Waals surface area contributed by atoms with Crippen molar-refractivity contribution in [2.24, 2.45) is 0 Å². The Labute approximate surface area is 108 Å². The number of halogens is 1. The highest BCUT2D eigenvalue weighted by Gasteiger charge is 2.11. The minimum atomic E-state index is -0.500. The quantitative estimate of drug-likeness (QED) is 0.529. The topological polar surface area (TPSA) is 91.1 Å². The molecule has 0 unspecified atom stereocenters. The van der Waals surface area contributed by atoms with Crippen LogP contribution in [-0.4, -0.2) is 29.3 Å². The molecular formula is C9H5BrN6O2. The van der Waals surface area contributed by atoms with Crippen LogP contribution in [0.3, 0.4) is 0 Å². The van der Waals surface area contributed by atoms with Crippen LogP contribution in [0.2, 0.25) is 0 Å². The van der Waals surface area contributed by atoms with Crippen molar-refractivity contribution in [3.8, 4) is 5.69 Å². The molecule has 9 heteroatoms. The maximum atomic E-state index is 10.6. The summed E-state index contributed by atoms with van der Waals surface area (Å²) in [5, 5.41) is 18.6. The molecule has 0 radical (unpaired) electrons. The van der Waals surface area contributed by atoms with Gasteiger partial charge in [0.1, 0.15) is 18.1 Å². The fraction of sp³-hybridized carbons (Fsp3) is 0. The largest absolute Gasteiger partial charge is 0.307 e. The second kappa shape index (κ2) is 3.88. The van der Waals surface area contributed by atoms with Gasteiger partial charge in [0.15, 0.2) is 5.65 Å². The Morgan fingerprint density at radius 3 is 2.78 bits per heavy atom. The Morgan fingerprint density at radius 1 is 1.22 bits per heavy atom. The van der Waals surface area contributed by atoms with E-state index in [1.54, 1.807) is 23.1 Å². The van der Waals surface area contributed by atoms with Crippen LogP contribution in [0, 0.1) is 10.1 Å². The van der Waals surface area contributed by atoms with Gasteiger partial charge >= 0.3 is 5.69 Å². The Hall–Kier alpha value is -2.29. The zero-order valence-corrected chi connectivity index (χ0v) is 10.4. The lowest BCUT2D eigenvalue weighted by Gasteiger charge is -2.00. The lowest BCUT2D eigenvalue weighted by atomic mass is 10.5. The second-order valence-corrected chi connectivity index (χ2v) is 4.33. The number of hydrogen-bond donors (Lipinski definition) is 0. The molecule has 0 aromatic carbocycles. The van der Waals surface area contributed by atoms with Crippen LogP contribution < -0.4 is 0 Å². The summed E-state index contributed by atoms with van der Waals surface area (Å²) in [6.07, 6.45) is 7.38. The van der Waals surface area contributed by atoms with Gasteiger partial charge in [-0.15, -0.1) is 0 Å². The van der Waals surface area contributed by atoms with Crippen LogP contribution in [-0.2, 0) is 0 Å². The van der Waals surface area contributed by atoms with Gasteiger partial charge in [0.25, 0.3) is 0 Å². The van der Waals surface area contributed by atoms with Gasteiger partial charge in [-0.3, -0.25) is 10.1 Å². The lowest BCUT2D eigenvalue weighted by molar-refractivity contribution is -0.384. The molecule has 18 heavy (non-hydrogen) atoms. The molecule has 8 nitrogen and oxygen atoms in total. The minimum Gasteiger partial charge on any atom is -0.258 e. The van der Waals surface area contributed by atoms with Crippen LogP contribution in [0.25, 0.3) is 11.3 Å². The smallest absolute Gasteiger partial charge is 0.258 e. The van der Waals surface area contributed by atoms with Gasteiger partial charge in [-0.1, -0.05) is 0 Å². The Balaban J connectivity index is 2.10. The van der Waals surface area contributed by atoms with Crippen molar-refractivity contribution in [3.63, 3.8) is 0 Å². The molecule has 3 aromatic heterocycles. The molecule has 3 heterocycles. The highest BCUT2D eigenvalue weighted by Crippen LogP contribution is 2.17. The summed E-state index contributed by atoms with van der Waals surface area (Å²) in [5.41, 5.74) is 1.18. The van der Waals surface area contributed by atoms with E-state index in [9.17, 15) is 10.1 Å². The average Bonchev–Trinajstić information content (AvgIpc) is 2.96. The summed E-state index contributed by atoms with van der Waals surface area (Å²) in [7, 11) is 0. The maximum absolute atomic E-state index is 10.6. The molecule has 0 saturated heterocycles. The van der Waals surface area contributed by atoms with E-state index in [4.69, 9.17) is 0 Å². The van der Waals surface area contributed by atoms with E-state index in [1.807, 2.05) is 0 Å². The van der Waals surface area contributed by atoms with Crippen molar-refractivity contribution in [3.05, 3.63) is 45.6 Å². The summed E-state index contributed by atoms with van der Waals surface area (Å²) in [6.45, 7) is 0. The van der Waals surface area contributed by atoms with E-state index < -0.39 is 4.92 Å². The molecular weight excluding hydrogens is 304 g/mol. The summed E-state index contributed by atoms with van der Waals surface area (Å²) < 4.78 is 3.72. The van der Waals surface area contributed by atoms with Crippen molar-refractivity contribution >= 4 is 27.3 Å². The third-order valence-corrected chi connectivity index (χ3v) is 2.90. The van der Waals surface area contributed by atoms with E-state index in [1.165, 1.54) is 17.1 Å². The molecule has 0 aliphatic heterocycles. The Bertz CT molecular complexity index is 748. The summed E-state index contributed by atoms with van der Waals surface area (Å²) in [6, 6.07) is 0. The highest BCUT2D eigenvalue weighted by molar-refractivity contribution is 9.10. The monoisotopic (exact) mass is 308 g/mol. The molecule has 3 aromatic rings. The van der Waals surface area contributed by atoms with Crippen LogP contribution >= 0.6 is 15.9 Å². The zero-order chi connectivity index (χ0) is 12.7. The number of rotatable bonds is 2. The Morgan fingerprint density at radius 2 is 2.06 bits per heavy atom. The minimum absolute atomic E-state index is 0.0725. The summed E-state index contributed by atoms with van der Waals surface area (Å²) in [5.74, 6) is 0. The summed E-state index contributed by atoms with van der Waals surface area (Å²) in [4.78, 5) is 14.3. The average molecular weight is 309 g/mol. The van der Waals surface area contributed by atoms with Crippen LogP contribution in [0.15, 0.2) is 35.5 Å². The molecule has 0 spiro atoms. The van der Waals surface area contributed by atoms with Crippen LogP contribution in [0.1, 0.15) is 0 Å². The first kappa shape index (κ1) is 10.8. The number of aromatic nitrogens is 5. The second-order valence-electron chi connectivity index (χ2n) is 3.47. The third-order valence-electron chi connectivity index (χ3n) is 2.34. The number of hydrogen-bond acceptors (Lipinski definition) is 5. The summed E-state index contributed by atoms with van der Waals surface area (Å²) >= 11 is 3.31. The van der Waals surface area contributed by atoms with Crippen molar-refractivity contribution in [2.45, 2.75) is 0 Å². The van der Waals surface area contributed by atoms with Gasteiger partial charge in [0, 0.05) is 0 Å². The van der Waals surface area contributed by atoms with E-state index in [0.717, 1.165) is 4.47 Å². The Kier molecular flexibility index (Phi) is 2.33. The van der Waals surface area contributed by atoms with Crippen molar-refractivity contribution in [1.29, 1.82) is 0 Å². The lowest BCUT2D eigenvalue weighted by Crippen LogP contribution is -1.99. The predicted octanol–water partition coefficient (Wildman–Crippen LogP) is 1.59. The van der Waals surface area contributed by atoms with Crippen LogP contribution in [0.5, 0.6) is 0 Å². The predicted molar refractivity (Wildman–Crippen MR) is 64.5 cm³/mol. The molecule has 0 atom stereocenters. The van der Waals surface area contributed by atoms with Crippen LogP contribution in [0.4, 0.5) is 5.69 Å². The number of fused-ring (bicyclic) bond motifs is 1. The first-order valence-corrected chi connectivity index (χ1v) is 5.63. The fourth-order valence-corrected chi connectivity index (χ4v) is 1.88. The first-order valence-electron chi connectivity index (χ1n) is 4.83. The van der Waals surface area contributed by atoms with Gasteiger partial charge in [-0.2, -0.15) is 10.2 Å². The molecule has 0 aliphatic carbocycles. The molecule has 0 amide bonds. The highest BCUT2D eigenvalue weighted by atomic mass is 79.9. The maximum Gasteiger partial charge on any atom is 0.307 e. The molecule has 0 N–H and O–H groups in total. The standard InChI is InChI=1S/C9H5BrN6O2/c10-8-3-13-15-4-6(1-11-9(8)15)14-5-7(2-12-14)16(17)18/h1-5H. The third kappa shape index (κ3) is 1.64. The van der Waals surface area contributed by atoms with E-state index in [0.29, 0.717) is 11.3 Å². The molecule has 0 saturated carbocycles. The normalized spacial score (nSPS) is 10.9. The molecule has 0 bridgehead atoms. The SMILES string of the molecule is O=[N+]([O-])c1cnn(-c2cnc3c(Br)cnn3c2)c1. The van der Waals surface area contributed by atoms with Gasteiger partial charge in [0.05, 0.1) is 28.0 Å². The number of nitro groups is 1. The fourth-order valence-electron chi connectivity index (χ4n) is 1.50. The van der Waals surface area contributed by atoms with Crippen molar-refractivity contribution < 1.29 is 4.92 Å². The molecule has 3 rings (SSSR count). The van der Waals surface area contributed by atoms with Gasteiger partial charge in [0.2, 0.25) is 0 Å². The van der Waals surface area contributed by atoms with Gasteiger partial charge in [-0.25, -0.2) is 14.2 Å². The first-order chi connectivity index (χ1) is 8.65. The molecule has 90 valence electrons. The zero-order valence-electron chi connectivity index (χ0n) is 8.76. The van der Waals surface area contributed by atoms with Gasteiger partial charge < -0.3 is 0 Å². The van der Waals surface area contributed by atoms with Gasteiger partial charge in [-0.05, 0) is 15.9 Å². The number of nitrogens with zero attached hydrogens (tertiary/aromatic N) is 6. The van der Waals surface area contributed by atoms with E-state index in [2.05, 4.69) is 31.1 Å². The van der Waals surface area contributed by atoms with E-state index >= 15 is 0 Å². The van der Waals surface area contributed by atoms with E-state index in [-0.39, 0.29) is 5.69 Å². The molecule has 0 fully saturated rings. The molecule has 0 aliphatic rings.